The normalized spacial score (nSPS) is 10.7. The van der Waals surface area contributed by atoms with Crippen molar-refractivity contribution in [2.75, 3.05) is 34.5 Å². The lowest BCUT2D eigenvalue weighted by Gasteiger charge is -2.12. The third-order valence-corrected chi connectivity index (χ3v) is 4.69. The van der Waals surface area contributed by atoms with Crippen molar-refractivity contribution < 1.29 is 28.5 Å². The first-order valence-corrected chi connectivity index (χ1v) is 10.4. The summed E-state index contributed by atoms with van der Waals surface area (Å²) in [6, 6.07) is 13.0. The highest BCUT2D eigenvalue weighted by Gasteiger charge is 2.10. The molecule has 0 bridgehead atoms. The molecule has 2 aromatic carbocycles. The zero-order chi connectivity index (χ0) is 24.2. The number of esters is 1. The molecule has 7 nitrogen and oxygen atoms in total. The molecule has 0 aliphatic rings. The Hall–Kier alpha value is -3.92. The highest BCUT2D eigenvalue weighted by molar-refractivity contribution is 5.90. The van der Waals surface area contributed by atoms with Gasteiger partial charge in [0.05, 0.1) is 46.2 Å². The van der Waals surface area contributed by atoms with Gasteiger partial charge in [-0.2, -0.15) is 5.26 Å². The molecule has 0 heterocycles. The molecule has 33 heavy (non-hydrogen) atoms. The Morgan fingerprint density at radius 2 is 1.58 bits per heavy atom. The fourth-order valence-electron chi connectivity index (χ4n) is 2.92. The summed E-state index contributed by atoms with van der Waals surface area (Å²) in [4.78, 5) is 11.4. The van der Waals surface area contributed by atoms with Crippen molar-refractivity contribution >= 4 is 17.6 Å². The van der Waals surface area contributed by atoms with Crippen LogP contribution in [0.25, 0.3) is 11.6 Å². The number of allylic oxidation sites excluding steroid dienone is 1. The van der Waals surface area contributed by atoms with Crippen molar-refractivity contribution in [3.8, 4) is 29.1 Å². The largest absolute Gasteiger partial charge is 0.493 e. The number of carbonyl (C=O) groups excluding carboxylic acids is 1. The van der Waals surface area contributed by atoms with E-state index >= 15 is 0 Å². The van der Waals surface area contributed by atoms with Crippen molar-refractivity contribution in [3.05, 3.63) is 59.7 Å². The van der Waals surface area contributed by atoms with Gasteiger partial charge in [-0.1, -0.05) is 12.6 Å². The molecule has 0 spiro atoms. The monoisotopic (exact) mass is 451 g/mol. The van der Waals surface area contributed by atoms with Crippen molar-refractivity contribution in [2.24, 2.45) is 0 Å². The summed E-state index contributed by atoms with van der Waals surface area (Å²) in [6.07, 6.45) is 3.16. The van der Waals surface area contributed by atoms with E-state index in [2.05, 4.69) is 12.6 Å². The molecule has 2 rings (SSSR count). The van der Waals surface area contributed by atoms with E-state index in [0.29, 0.717) is 65.8 Å². The Balaban J connectivity index is 2.06. The van der Waals surface area contributed by atoms with E-state index in [0.717, 1.165) is 5.56 Å². The van der Waals surface area contributed by atoms with Crippen LogP contribution in [0.5, 0.6) is 23.0 Å². The molecule has 0 amide bonds. The van der Waals surface area contributed by atoms with Crippen molar-refractivity contribution in [2.45, 2.75) is 19.8 Å². The summed E-state index contributed by atoms with van der Waals surface area (Å²) in [5.74, 6) is 1.91. The van der Waals surface area contributed by atoms with Gasteiger partial charge in [-0.3, -0.25) is 0 Å². The minimum absolute atomic E-state index is 0.322. The summed E-state index contributed by atoms with van der Waals surface area (Å²) in [5, 5.41) is 9.68. The van der Waals surface area contributed by atoms with Crippen molar-refractivity contribution in [1.82, 2.24) is 0 Å². The molecule has 0 N–H and O–H groups in total. The molecule has 0 radical (unpaired) electrons. The van der Waals surface area contributed by atoms with Gasteiger partial charge in [0, 0.05) is 5.57 Å². The zero-order valence-corrected chi connectivity index (χ0v) is 19.5. The van der Waals surface area contributed by atoms with Crippen LogP contribution in [0.15, 0.2) is 48.6 Å². The minimum Gasteiger partial charge on any atom is -0.493 e. The number of ether oxygens (including phenoxy) is 5. The van der Waals surface area contributed by atoms with Crippen LogP contribution in [0.3, 0.4) is 0 Å². The summed E-state index contributed by atoms with van der Waals surface area (Å²) < 4.78 is 26.9. The summed E-state index contributed by atoms with van der Waals surface area (Å²) in [7, 11) is 4.68. The molecule has 0 saturated carbocycles. The predicted octanol–water partition coefficient (Wildman–Crippen LogP) is 5.05. The van der Waals surface area contributed by atoms with Gasteiger partial charge < -0.3 is 23.7 Å². The molecule has 7 heteroatoms. The molecular formula is C26H29NO6. The molecule has 0 aliphatic heterocycles. The van der Waals surface area contributed by atoms with Gasteiger partial charge in [0.15, 0.2) is 23.0 Å². The summed E-state index contributed by atoms with van der Waals surface area (Å²) in [5.41, 5.74) is 2.35. The van der Waals surface area contributed by atoms with Crippen LogP contribution in [-0.4, -0.2) is 40.5 Å². The first-order valence-electron chi connectivity index (χ1n) is 10.4. The summed E-state index contributed by atoms with van der Waals surface area (Å²) >= 11 is 0. The Kier molecular flexibility index (Phi) is 9.84. The van der Waals surface area contributed by atoms with E-state index in [1.807, 2.05) is 12.1 Å². The average molecular weight is 452 g/mol. The number of rotatable bonds is 12. The number of carbonyl (C=O) groups is 1. The zero-order valence-electron chi connectivity index (χ0n) is 19.5. The van der Waals surface area contributed by atoms with Gasteiger partial charge >= 0.3 is 5.97 Å². The fraction of sp³-hybridized carbons (Fsp3) is 0.308. The lowest BCUT2D eigenvalue weighted by molar-refractivity contribution is -0.139. The Bertz CT molecular complexity index is 1050. The molecule has 174 valence electrons. The number of benzene rings is 2. The molecule has 0 saturated heterocycles. The van der Waals surface area contributed by atoms with E-state index in [1.54, 1.807) is 58.6 Å². The van der Waals surface area contributed by atoms with Gasteiger partial charge in [-0.15, -0.1) is 0 Å². The molecule has 0 aromatic heterocycles. The summed E-state index contributed by atoms with van der Waals surface area (Å²) in [6.45, 7) is 5.93. The van der Waals surface area contributed by atoms with Crippen LogP contribution >= 0.6 is 0 Å². The van der Waals surface area contributed by atoms with Gasteiger partial charge in [0.25, 0.3) is 0 Å². The van der Waals surface area contributed by atoms with E-state index in [-0.39, 0.29) is 5.97 Å². The topological polar surface area (TPSA) is 87.0 Å². The maximum atomic E-state index is 11.4. The van der Waals surface area contributed by atoms with Crippen molar-refractivity contribution in [3.63, 3.8) is 0 Å². The van der Waals surface area contributed by atoms with Gasteiger partial charge in [-0.05, 0) is 67.3 Å². The second-order valence-corrected chi connectivity index (χ2v) is 7.12. The molecule has 0 atom stereocenters. The molecule has 0 aliphatic carbocycles. The van der Waals surface area contributed by atoms with Crippen molar-refractivity contribution in [1.29, 1.82) is 5.26 Å². The number of nitrogens with zero attached hydrogens (tertiary/aromatic N) is 1. The van der Waals surface area contributed by atoms with Gasteiger partial charge in [0.1, 0.15) is 0 Å². The Morgan fingerprint density at radius 3 is 2.21 bits per heavy atom. The average Bonchev–Trinajstić information content (AvgIpc) is 2.84. The molecule has 0 unspecified atom stereocenters. The SMILES string of the molecule is C=C(C)C(=O)OCCCCOc1ccc(C=C(C#N)c2ccc(OC)c(OC)c2)cc1OC. The van der Waals surface area contributed by atoms with Crippen LogP contribution in [0.4, 0.5) is 0 Å². The van der Waals surface area contributed by atoms with Crippen LogP contribution < -0.4 is 18.9 Å². The second-order valence-electron chi connectivity index (χ2n) is 7.12. The number of methoxy groups -OCH3 is 3. The molecule has 2 aromatic rings. The molecular weight excluding hydrogens is 422 g/mol. The maximum Gasteiger partial charge on any atom is 0.333 e. The Morgan fingerprint density at radius 1 is 0.939 bits per heavy atom. The smallest absolute Gasteiger partial charge is 0.333 e. The highest BCUT2D eigenvalue weighted by atomic mass is 16.5. The molecule has 0 fully saturated rings. The first-order chi connectivity index (χ1) is 15.9. The van der Waals surface area contributed by atoms with E-state index < -0.39 is 0 Å². The standard InChI is InChI=1S/C26H29NO6/c1-18(2)26(28)33-13-7-6-12-32-23-10-8-19(15-24(23)30-4)14-21(17-27)20-9-11-22(29-3)25(16-20)31-5/h8-11,14-16H,1,6-7,12-13H2,2-5H3. The van der Waals surface area contributed by atoms with E-state index in [4.69, 9.17) is 23.7 Å². The number of hydrogen-bond acceptors (Lipinski definition) is 7. The quantitative estimate of drug-likeness (QED) is 0.147. The fourth-order valence-corrected chi connectivity index (χ4v) is 2.92. The van der Waals surface area contributed by atoms with Gasteiger partial charge in [0.2, 0.25) is 0 Å². The Labute approximate surface area is 194 Å². The maximum absolute atomic E-state index is 11.4. The van der Waals surface area contributed by atoms with E-state index in [1.165, 1.54) is 0 Å². The second kappa shape index (κ2) is 12.8. The third-order valence-electron chi connectivity index (χ3n) is 4.69. The first kappa shape index (κ1) is 25.3. The van der Waals surface area contributed by atoms with Crippen LogP contribution in [0, 0.1) is 11.3 Å². The van der Waals surface area contributed by atoms with Crippen LogP contribution in [0.2, 0.25) is 0 Å². The van der Waals surface area contributed by atoms with Crippen LogP contribution in [-0.2, 0) is 9.53 Å². The minimum atomic E-state index is -0.383. The third kappa shape index (κ3) is 7.32. The van der Waals surface area contributed by atoms with Crippen LogP contribution in [0.1, 0.15) is 30.9 Å². The number of nitriles is 1. The van der Waals surface area contributed by atoms with Gasteiger partial charge in [-0.25, -0.2) is 4.79 Å². The van der Waals surface area contributed by atoms with E-state index in [9.17, 15) is 10.1 Å². The lowest BCUT2D eigenvalue weighted by Crippen LogP contribution is -2.07. The lowest BCUT2D eigenvalue weighted by atomic mass is 10.0. The number of hydrogen-bond donors (Lipinski definition) is 0. The predicted molar refractivity (Wildman–Crippen MR) is 127 cm³/mol. The number of unbranched alkanes of at least 4 members (excludes halogenated alkanes) is 1. The highest BCUT2D eigenvalue weighted by Crippen LogP contribution is 2.33.